The standard InChI is InChI=1S/C18H34O4S/c1-5-7-9-11-13-17(3,15(19)20)23-18(4,16(21)22)14-12-10-8-6-2/h5-14H2,1-4H3,(H,19,20)(H,21,22)/p-2. The largest absolute Gasteiger partial charge is 0.549 e. The molecule has 0 saturated carbocycles. The summed E-state index contributed by atoms with van der Waals surface area (Å²) >= 11 is 1.00. The second kappa shape index (κ2) is 11.0. The van der Waals surface area contributed by atoms with Crippen LogP contribution >= 0.6 is 11.8 Å². The van der Waals surface area contributed by atoms with Crippen LogP contribution in [0, 0.1) is 0 Å². The fourth-order valence-electron chi connectivity index (χ4n) is 2.66. The molecule has 5 heteroatoms. The number of hydrogen-bond donors (Lipinski definition) is 0. The van der Waals surface area contributed by atoms with Crippen molar-refractivity contribution in [2.75, 3.05) is 0 Å². The molecule has 0 aromatic rings. The Morgan fingerprint density at radius 2 is 1.09 bits per heavy atom. The summed E-state index contributed by atoms with van der Waals surface area (Å²) in [6.45, 7) is 7.37. The fourth-order valence-corrected chi connectivity index (χ4v) is 4.32. The SMILES string of the molecule is CCCCCCC(C)(SC(C)(CCCCCC)C(=O)[O-])C(=O)[O-]. The minimum absolute atomic E-state index is 0.428. The van der Waals surface area contributed by atoms with E-state index in [1.165, 1.54) is 0 Å². The van der Waals surface area contributed by atoms with Crippen LogP contribution in [0.2, 0.25) is 0 Å². The molecule has 0 N–H and O–H groups in total. The van der Waals surface area contributed by atoms with E-state index in [9.17, 15) is 19.8 Å². The summed E-state index contributed by atoms with van der Waals surface area (Å²) in [5, 5.41) is 23.2. The molecule has 0 amide bonds. The van der Waals surface area contributed by atoms with Crippen molar-refractivity contribution < 1.29 is 19.8 Å². The predicted octanol–water partition coefficient (Wildman–Crippen LogP) is 2.68. The molecule has 0 saturated heterocycles. The Labute approximate surface area is 145 Å². The Bertz CT molecular complexity index is 338. The minimum Gasteiger partial charge on any atom is -0.549 e. The van der Waals surface area contributed by atoms with E-state index < -0.39 is 21.4 Å². The van der Waals surface area contributed by atoms with Crippen LogP contribution in [0.15, 0.2) is 0 Å². The molecule has 0 spiro atoms. The van der Waals surface area contributed by atoms with Gasteiger partial charge in [-0.3, -0.25) is 0 Å². The van der Waals surface area contributed by atoms with Gasteiger partial charge < -0.3 is 19.8 Å². The van der Waals surface area contributed by atoms with Crippen molar-refractivity contribution in [1.29, 1.82) is 0 Å². The maximum absolute atomic E-state index is 11.6. The quantitative estimate of drug-likeness (QED) is 0.453. The molecule has 0 aromatic heterocycles. The highest BCUT2D eigenvalue weighted by atomic mass is 32.2. The zero-order valence-corrected chi connectivity index (χ0v) is 15.9. The van der Waals surface area contributed by atoms with Crippen molar-refractivity contribution in [2.24, 2.45) is 0 Å². The number of hydrogen-bond acceptors (Lipinski definition) is 5. The zero-order chi connectivity index (χ0) is 17.9. The lowest BCUT2D eigenvalue weighted by Gasteiger charge is -2.40. The maximum atomic E-state index is 11.6. The highest BCUT2D eigenvalue weighted by Gasteiger charge is 2.37. The number of carboxylic acid groups (broad SMARTS) is 2. The van der Waals surface area contributed by atoms with E-state index in [0.29, 0.717) is 12.8 Å². The van der Waals surface area contributed by atoms with Crippen molar-refractivity contribution in [3.8, 4) is 0 Å². The molecule has 2 atom stereocenters. The van der Waals surface area contributed by atoms with Crippen LogP contribution in [0.5, 0.6) is 0 Å². The van der Waals surface area contributed by atoms with Crippen molar-refractivity contribution in [3.05, 3.63) is 0 Å². The molecular weight excluding hydrogens is 312 g/mol. The third kappa shape index (κ3) is 8.09. The average Bonchev–Trinajstić information content (AvgIpc) is 2.48. The van der Waals surface area contributed by atoms with Gasteiger partial charge in [-0.15, -0.1) is 11.8 Å². The molecule has 0 aliphatic heterocycles. The van der Waals surface area contributed by atoms with E-state index in [0.717, 1.165) is 63.1 Å². The summed E-state index contributed by atoms with van der Waals surface area (Å²) in [6, 6.07) is 0. The van der Waals surface area contributed by atoms with Crippen LogP contribution in [0.1, 0.15) is 91.9 Å². The number of aliphatic carboxylic acids is 2. The van der Waals surface area contributed by atoms with Gasteiger partial charge in [0.05, 0.1) is 21.4 Å². The average molecular weight is 345 g/mol. The van der Waals surface area contributed by atoms with Crippen molar-refractivity contribution in [3.63, 3.8) is 0 Å². The topological polar surface area (TPSA) is 80.3 Å². The van der Waals surface area contributed by atoms with Crippen LogP contribution in [-0.2, 0) is 9.59 Å². The van der Waals surface area contributed by atoms with Crippen LogP contribution < -0.4 is 10.2 Å². The molecule has 136 valence electrons. The molecule has 0 heterocycles. The summed E-state index contributed by atoms with van der Waals surface area (Å²) in [5.41, 5.74) is 0. The van der Waals surface area contributed by atoms with Gasteiger partial charge in [0.2, 0.25) is 0 Å². The van der Waals surface area contributed by atoms with E-state index in [1.54, 1.807) is 13.8 Å². The van der Waals surface area contributed by atoms with Crippen LogP contribution in [-0.4, -0.2) is 21.4 Å². The summed E-state index contributed by atoms with van der Waals surface area (Å²) < 4.78 is -2.37. The van der Waals surface area contributed by atoms with Gasteiger partial charge in [-0.1, -0.05) is 65.2 Å². The molecule has 0 aliphatic rings. The Morgan fingerprint density at radius 1 is 0.739 bits per heavy atom. The van der Waals surface area contributed by atoms with Crippen molar-refractivity contribution in [1.82, 2.24) is 0 Å². The zero-order valence-electron chi connectivity index (χ0n) is 15.1. The van der Waals surface area contributed by atoms with Gasteiger partial charge >= 0.3 is 0 Å². The Kier molecular flexibility index (Phi) is 10.6. The van der Waals surface area contributed by atoms with E-state index in [2.05, 4.69) is 13.8 Å². The van der Waals surface area contributed by atoms with Gasteiger partial charge in [-0.25, -0.2) is 0 Å². The smallest absolute Gasteiger partial charge is 0.0573 e. The van der Waals surface area contributed by atoms with Crippen molar-refractivity contribution >= 4 is 23.7 Å². The van der Waals surface area contributed by atoms with Crippen LogP contribution in [0.4, 0.5) is 0 Å². The van der Waals surface area contributed by atoms with Crippen LogP contribution in [0.3, 0.4) is 0 Å². The summed E-state index contributed by atoms with van der Waals surface area (Å²) in [5.74, 6) is -2.36. The number of unbranched alkanes of at least 4 members (excludes halogenated alkanes) is 6. The third-order valence-electron chi connectivity index (χ3n) is 4.33. The van der Waals surface area contributed by atoms with Crippen LogP contribution in [0.25, 0.3) is 0 Å². The molecule has 2 unspecified atom stereocenters. The van der Waals surface area contributed by atoms with E-state index in [1.807, 2.05) is 0 Å². The summed E-state index contributed by atoms with van der Waals surface area (Å²) in [7, 11) is 0. The lowest BCUT2D eigenvalue weighted by Crippen LogP contribution is -2.51. The summed E-state index contributed by atoms with van der Waals surface area (Å²) in [6.07, 6.45) is 8.57. The number of thioether (sulfide) groups is 1. The number of carboxylic acids is 2. The highest BCUT2D eigenvalue weighted by Crippen LogP contribution is 2.42. The molecule has 23 heavy (non-hydrogen) atoms. The number of carbonyl (C=O) groups excluding carboxylic acids is 2. The first-order valence-electron chi connectivity index (χ1n) is 8.85. The number of rotatable bonds is 14. The Balaban J connectivity index is 4.86. The first-order valence-corrected chi connectivity index (χ1v) is 9.66. The van der Waals surface area contributed by atoms with Crippen molar-refractivity contribution in [2.45, 2.75) is 101 Å². The van der Waals surface area contributed by atoms with E-state index in [-0.39, 0.29) is 0 Å². The first-order chi connectivity index (χ1) is 10.7. The summed E-state index contributed by atoms with van der Waals surface area (Å²) in [4.78, 5) is 23.2. The molecule has 0 fully saturated rings. The lowest BCUT2D eigenvalue weighted by molar-refractivity contribution is -0.309. The molecule has 4 nitrogen and oxygen atoms in total. The molecule has 0 bridgehead atoms. The van der Waals surface area contributed by atoms with Gasteiger partial charge in [0.25, 0.3) is 0 Å². The molecule has 0 rings (SSSR count). The second-order valence-electron chi connectivity index (χ2n) is 6.76. The molecule has 0 aromatic carbocycles. The van der Waals surface area contributed by atoms with Gasteiger partial charge in [-0.05, 0) is 26.7 Å². The van der Waals surface area contributed by atoms with E-state index >= 15 is 0 Å². The predicted molar refractivity (Wildman–Crippen MR) is 91.9 cm³/mol. The fraction of sp³-hybridized carbons (Fsp3) is 0.889. The molecule has 0 aliphatic carbocycles. The highest BCUT2D eigenvalue weighted by molar-refractivity contribution is 8.03. The maximum Gasteiger partial charge on any atom is 0.0573 e. The Morgan fingerprint density at radius 3 is 1.35 bits per heavy atom. The van der Waals surface area contributed by atoms with Gasteiger partial charge in [0.15, 0.2) is 0 Å². The lowest BCUT2D eigenvalue weighted by atomic mass is 10.0. The third-order valence-corrected chi connectivity index (χ3v) is 5.97. The Hall–Kier alpha value is -0.710. The van der Waals surface area contributed by atoms with Gasteiger partial charge in [0.1, 0.15) is 0 Å². The number of carbonyl (C=O) groups is 2. The van der Waals surface area contributed by atoms with Gasteiger partial charge in [-0.2, -0.15) is 0 Å². The second-order valence-corrected chi connectivity index (χ2v) is 8.77. The van der Waals surface area contributed by atoms with Gasteiger partial charge in [0, 0.05) is 0 Å². The minimum atomic E-state index is -1.19. The molecular formula is C18H32O4S-2. The monoisotopic (exact) mass is 344 g/mol. The molecule has 0 radical (unpaired) electrons. The van der Waals surface area contributed by atoms with E-state index in [4.69, 9.17) is 0 Å². The normalized spacial score (nSPS) is 16.5. The first kappa shape index (κ1) is 22.3.